The minimum atomic E-state index is -1.11. The lowest BCUT2D eigenvalue weighted by molar-refractivity contribution is 0.102. The first-order valence-electron chi connectivity index (χ1n) is 7.57. The molecule has 1 amide bonds. The summed E-state index contributed by atoms with van der Waals surface area (Å²) in [6.07, 6.45) is 0.499. The van der Waals surface area contributed by atoms with Gasteiger partial charge in [0.1, 0.15) is 11.3 Å². The maximum Gasteiger partial charge on any atom is 0.257 e. The van der Waals surface area contributed by atoms with Gasteiger partial charge in [-0.3, -0.25) is 4.79 Å². The van der Waals surface area contributed by atoms with Crippen LogP contribution in [0, 0.1) is 11.6 Å². The molecule has 1 aromatic heterocycles. The van der Waals surface area contributed by atoms with Crippen molar-refractivity contribution in [3.8, 4) is 0 Å². The zero-order chi connectivity index (χ0) is 18.0. The standard InChI is InChI=1S/C17H15BrF2N4O/c1-21-6-5-13-23-15-11(8-12(19)14(20)16(15)24-13)17(25)22-10-4-2-3-9(18)7-10/h2-4,7-8,21H,5-6H2,1H3,(H,22,25)(H,23,24). The lowest BCUT2D eigenvalue weighted by Crippen LogP contribution is -2.13. The van der Waals surface area contributed by atoms with E-state index in [1.165, 1.54) is 0 Å². The van der Waals surface area contributed by atoms with Crippen molar-refractivity contribution in [2.75, 3.05) is 18.9 Å². The zero-order valence-corrected chi connectivity index (χ0v) is 14.9. The summed E-state index contributed by atoms with van der Waals surface area (Å²) in [6, 6.07) is 7.86. The third-order valence-electron chi connectivity index (χ3n) is 3.65. The van der Waals surface area contributed by atoms with E-state index in [2.05, 4.69) is 36.5 Å². The summed E-state index contributed by atoms with van der Waals surface area (Å²) >= 11 is 3.31. The Morgan fingerprint density at radius 2 is 2.12 bits per heavy atom. The molecule has 1 heterocycles. The summed E-state index contributed by atoms with van der Waals surface area (Å²) in [5.74, 6) is -2.25. The third kappa shape index (κ3) is 3.69. The fourth-order valence-corrected chi connectivity index (χ4v) is 2.86. The molecule has 0 fully saturated rings. The van der Waals surface area contributed by atoms with Crippen LogP contribution < -0.4 is 10.6 Å². The molecular weight excluding hydrogens is 394 g/mol. The Hall–Kier alpha value is -2.32. The van der Waals surface area contributed by atoms with Crippen molar-refractivity contribution in [2.45, 2.75) is 6.42 Å². The molecule has 5 nitrogen and oxygen atoms in total. The van der Waals surface area contributed by atoms with Crippen LogP contribution in [0.3, 0.4) is 0 Å². The average Bonchev–Trinajstić information content (AvgIpc) is 3.00. The van der Waals surface area contributed by atoms with Crippen LogP contribution >= 0.6 is 15.9 Å². The summed E-state index contributed by atoms with van der Waals surface area (Å²) < 4.78 is 28.7. The highest BCUT2D eigenvalue weighted by atomic mass is 79.9. The smallest absolute Gasteiger partial charge is 0.257 e. The number of nitrogens with one attached hydrogen (secondary N) is 3. The van der Waals surface area contributed by atoms with E-state index in [-0.39, 0.29) is 16.6 Å². The maximum atomic E-state index is 14.0. The van der Waals surface area contributed by atoms with Crippen molar-refractivity contribution in [3.05, 3.63) is 57.8 Å². The molecule has 3 N–H and O–H groups in total. The first-order chi connectivity index (χ1) is 12.0. The van der Waals surface area contributed by atoms with Crippen molar-refractivity contribution in [1.82, 2.24) is 15.3 Å². The van der Waals surface area contributed by atoms with Gasteiger partial charge in [-0.05, 0) is 31.3 Å². The highest BCUT2D eigenvalue weighted by Gasteiger charge is 2.20. The Labute approximate surface area is 151 Å². The topological polar surface area (TPSA) is 69.8 Å². The quantitative estimate of drug-likeness (QED) is 0.603. The number of halogens is 3. The van der Waals surface area contributed by atoms with Gasteiger partial charge < -0.3 is 15.6 Å². The number of hydrogen-bond acceptors (Lipinski definition) is 3. The van der Waals surface area contributed by atoms with Crippen molar-refractivity contribution >= 4 is 38.6 Å². The first kappa shape index (κ1) is 17.5. The molecule has 25 heavy (non-hydrogen) atoms. The van der Waals surface area contributed by atoms with Crippen molar-refractivity contribution in [1.29, 1.82) is 0 Å². The molecule has 0 radical (unpaired) electrons. The van der Waals surface area contributed by atoms with Crippen molar-refractivity contribution in [2.24, 2.45) is 0 Å². The number of hydrogen-bond donors (Lipinski definition) is 3. The number of carbonyl (C=O) groups is 1. The molecule has 0 atom stereocenters. The van der Waals surface area contributed by atoms with E-state index in [0.717, 1.165) is 10.5 Å². The van der Waals surface area contributed by atoms with Crippen LogP contribution in [0.5, 0.6) is 0 Å². The van der Waals surface area contributed by atoms with E-state index < -0.39 is 17.5 Å². The van der Waals surface area contributed by atoms with Crippen LogP contribution in [-0.4, -0.2) is 29.5 Å². The number of aromatic amines is 1. The summed E-state index contributed by atoms with van der Waals surface area (Å²) in [7, 11) is 1.78. The van der Waals surface area contributed by atoms with Crippen LogP contribution in [0.25, 0.3) is 11.0 Å². The molecule has 0 unspecified atom stereocenters. The number of anilines is 1. The highest BCUT2D eigenvalue weighted by Crippen LogP contribution is 2.24. The van der Waals surface area contributed by atoms with Gasteiger partial charge in [0.15, 0.2) is 11.6 Å². The SMILES string of the molecule is CNCCc1nc2c(F)c(F)cc(C(=O)Nc3cccc(Br)c3)c2[nH]1. The van der Waals surface area contributed by atoms with Crippen molar-refractivity contribution in [3.63, 3.8) is 0 Å². The highest BCUT2D eigenvalue weighted by molar-refractivity contribution is 9.10. The largest absolute Gasteiger partial charge is 0.341 e. The second-order valence-electron chi connectivity index (χ2n) is 5.45. The molecule has 0 spiro atoms. The van der Waals surface area contributed by atoms with E-state index in [9.17, 15) is 13.6 Å². The fourth-order valence-electron chi connectivity index (χ4n) is 2.46. The van der Waals surface area contributed by atoms with Gasteiger partial charge in [0.05, 0.1) is 11.1 Å². The molecule has 3 aromatic rings. The minimum absolute atomic E-state index is 0.00270. The van der Waals surface area contributed by atoms with Gasteiger partial charge in [0, 0.05) is 23.1 Å². The molecule has 0 aliphatic rings. The molecule has 0 saturated carbocycles. The Morgan fingerprint density at radius 1 is 1.32 bits per heavy atom. The molecule has 0 saturated heterocycles. The predicted octanol–water partition coefficient (Wildman–Crippen LogP) is 3.62. The Morgan fingerprint density at radius 3 is 2.84 bits per heavy atom. The number of rotatable bonds is 5. The van der Waals surface area contributed by atoms with E-state index in [4.69, 9.17) is 0 Å². The van der Waals surface area contributed by atoms with Gasteiger partial charge in [-0.1, -0.05) is 22.0 Å². The molecular formula is C17H15BrF2N4O. The molecule has 0 aliphatic carbocycles. The van der Waals surface area contributed by atoms with Gasteiger partial charge in [-0.2, -0.15) is 0 Å². The third-order valence-corrected chi connectivity index (χ3v) is 4.14. The van der Waals surface area contributed by atoms with Gasteiger partial charge in [0.2, 0.25) is 0 Å². The van der Waals surface area contributed by atoms with Crippen molar-refractivity contribution < 1.29 is 13.6 Å². The van der Waals surface area contributed by atoms with Gasteiger partial charge in [0.25, 0.3) is 5.91 Å². The van der Waals surface area contributed by atoms with E-state index in [1.807, 2.05) is 6.07 Å². The average molecular weight is 409 g/mol. The number of amides is 1. The summed E-state index contributed by atoms with van der Waals surface area (Å²) in [4.78, 5) is 19.5. The normalized spacial score (nSPS) is 11.0. The Balaban J connectivity index is 2.00. The summed E-state index contributed by atoms with van der Waals surface area (Å²) in [5, 5.41) is 5.62. The molecule has 0 bridgehead atoms. The molecule has 130 valence electrons. The van der Waals surface area contributed by atoms with Crippen LogP contribution in [-0.2, 0) is 6.42 Å². The number of benzene rings is 2. The second-order valence-corrected chi connectivity index (χ2v) is 6.36. The van der Waals surface area contributed by atoms with Crippen LogP contribution in [0.2, 0.25) is 0 Å². The van der Waals surface area contributed by atoms with Crippen LogP contribution in [0.4, 0.5) is 14.5 Å². The summed E-state index contributed by atoms with van der Waals surface area (Å²) in [6.45, 7) is 0.615. The number of H-pyrrole nitrogens is 1. The Kier molecular flexibility index (Phi) is 5.10. The maximum absolute atomic E-state index is 14.0. The predicted molar refractivity (Wildman–Crippen MR) is 95.7 cm³/mol. The number of carbonyl (C=O) groups excluding carboxylic acids is 1. The number of aromatic nitrogens is 2. The molecule has 2 aromatic carbocycles. The van der Waals surface area contributed by atoms with Gasteiger partial charge in [-0.25, -0.2) is 13.8 Å². The van der Waals surface area contributed by atoms with E-state index in [0.29, 0.717) is 24.5 Å². The van der Waals surface area contributed by atoms with Crippen LogP contribution in [0.1, 0.15) is 16.2 Å². The second kappa shape index (κ2) is 7.28. The minimum Gasteiger partial charge on any atom is -0.341 e. The van der Waals surface area contributed by atoms with E-state index >= 15 is 0 Å². The number of nitrogens with zero attached hydrogens (tertiary/aromatic N) is 1. The zero-order valence-electron chi connectivity index (χ0n) is 13.3. The van der Waals surface area contributed by atoms with Gasteiger partial charge in [-0.15, -0.1) is 0 Å². The molecule has 0 aliphatic heterocycles. The van der Waals surface area contributed by atoms with Crippen LogP contribution in [0.15, 0.2) is 34.8 Å². The number of likely N-dealkylation sites (N-methyl/N-ethyl adjacent to an activating group) is 1. The Bertz CT molecular complexity index is 942. The van der Waals surface area contributed by atoms with E-state index in [1.54, 1.807) is 25.2 Å². The lowest BCUT2D eigenvalue weighted by atomic mass is 10.1. The first-order valence-corrected chi connectivity index (χ1v) is 8.37. The fraction of sp³-hybridized carbons (Fsp3) is 0.176. The monoisotopic (exact) mass is 408 g/mol. The number of fused-ring (bicyclic) bond motifs is 1. The summed E-state index contributed by atoms with van der Waals surface area (Å²) in [5.41, 5.74) is 0.534. The van der Waals surface area contributed by atoms with Gasteiger partial charge >= 0.3 is 0 Å². The number of imidazole rings is 1. The lowest BCUT2D eigenvalue weighted by Gasteiger charge is -2.07. The molecule has 8 heteroatoms. The molecule has 3 rings (SSSR count).